The van der Waals surface area contributed by atoms with Gasteiger partial charge >= 0.3 is 0 Å². The molecule has 0 spiro atoms. The molecule has 0 bridgehead atoms. The van der Waals surface area contributed by atoms with E-state index in [0.29, 0.717) is 11.8 Å². The van der Waals surface area contributed by atoms with Gasteiger partial charge in [-0.2, -0.15) is 0 Å². The molecule has 1 aromatic carbocycles. The number of carbonyl (C=O) groups is 1. The highest BCUT2D eigenvalue weighted by molar-refractivity contribution is 7.13. The third-order valence-corrected chi connectivity index (χ3v) is 5.76. The number of benzene rings is 1. The van der Waals surface area contributed by atoms with E-state index in [2.05, 4.69) is 22.0 Å². The number of rotatable bonds is 4. The number of aromatic nitrogens is 1. The number of ether oxygens (including phenoxy) is 1. The van der Waals surface area contributed by atoms with Gasteiger partial charge in [0.25, 0.3) is 0 Å². The highest BCUT2D eigenvalue weighted by atomic mass is 32.1. The molecule has 1 saturated carbocycles. The Morgan fingerprint density at radius 3 is 2.58 bits per heavy atom. The van der Waals surface area contributed by atoms with Gasteiger partial charge in [0.15, 0.2) is 5.13 Å². The van der Waals surface area contributed by atoms with Crippen LogP contribution in [0.2, 0.25) is 0 Å². The molecule has 126 valence electrons. The summed E-state index contributed by atoms with van der Waals surface area (Å²) in [5.41, 5.74) is 1.25. The van der Waals surface area contributed by atoms with Crippen LogP contribution in [0.3, 0.4) is 0 Å². The van der Waals surface area contributed by atoms with Gasteiger partial charge in [0.2, 0.25) is 5.91 Å². The second-order valence-corrected chi connectivity index (χ2v) is 7.22. The van der Waals surface area contributed by atoms with Crippen molar-refractivity contribution in [3.63, 3.8) is 0 Å². The van der Waals surface area contributed by atoms with Crippen LogP contribution in [0, 0.1) is 5.92 Å². The number of hydrogen-bond donors (Lipinski definition) is 0. The van der Waals surface area contributed by atoms with Crippen LogP contribution in [0.15, 0.2) is 35.8 Å². The van der Waals surface area contributed by atoms with E-state index in [1.165, 1.54) is 5.56 Å². The number of carbonyl (C=O) groups excluding carboxylic acids is 1. The Labute approximate surface area is 145 Å². The maximum absolute atomic E-state index is 12.7. The summed E-state index contributed by atoms with van der Waals surface area (Å²) in [6.07, 6.45) is 2.80. The Bertz CT molecular complexity index is 694. The molecule has 2 fully saturated rings. The SMILES string of the molecule is COc1ccc([C@H]2C[C@H]2C(=O)N2CCN(c3nccs3)CC2)cc1. The van der Waals surface area contributed by atoms with Crippen LogP contribution in [0.1, 0.15) is 17.9 Å². The molecule has 1 aromatic heterocycles. The molecule has 2 heterocycles. The van der Waals surface area contributed by atoms with E-state index in [0.717, 1.165) is 43.5 Å². The zero-order chi connectivity index (χ0) is 16.5. The van der Waals surface area contributed by atoms with Gasteiger partial charge in [0.1, 0.15) is 5.75 Å². The topological polar surface area (TPSA) is 45.7 Å². The Morgan fingerprint density at radius 1 is 1.21 bits per heavy atom. The first-order chi connectivity index (χ1) is 11.8. The summed E-state index contributed by atoms with van der Waals surface area (Å²) in [4.78, 5) is 21.4. The van der Waals surface area contributed by atoms with Gasteiger partial charge in [0, 0.05) is 43.7 Å². The number of thiazole rings is 1. The highest BCUT2D eigenvalue weighted by Gasteiger charge is 2.46. The van der Waals surface area contributed by atoms with Crippen molar-refractivity contribution in [3.05, 3.63) is 41.4 Å². The molecule has 24 heavy (non-hydrogen) atoms. The fraction of sp³-hybridized carbons (Fsp3) is 0.444. The van der Waals surface area contributed by atoms with Crippen molar-refractivity contribution >= 4 is 22.4 Å². The van der Waals surface area contributed by atoms with Gasteiger partial charge in [-0.3, -0.25) is 4.79 Å². The van der Waals surface area contributed by atoms with Gasteiger partial charge in [-0.25, -0.2) is 4.98 Å². The molecule has 6 heteroatoms. The van der Waals surface area contributed by atoms with Gasteiger partial charge in [-0.15, -0.1) is 11.3 Å². The molecule has 1 amide bonds. The van der Waals surface area contributed by atoms with E-state index in [4.69, 9.17) is 4.74 Å². The van der Waals surface area contributed by atoms with Crippen molar-refractivity contribution in [2.75, 3.05) is 38.2 Å². The smallest absolute Gasteiger partial charge is 0.226 e. The molecule has 0 unspecified atom stereocenters. The maximum atomic E-state index is 12.7. The summed E-state index contributed by atoms with van der Waals surface area (Å²) in [7, 11) is 1.67. The third kappa shape index (κ3) is 2.98. The van der Waals surface area contributed by atoms with Crippen molar-refractivity contribution in [2.24, 2.45) is 5.92 Å². The van der Waals surface area contributed by atoms with Crippen molar-refractivity contribution in [1.29, 1.82) is 0 Å². The van der Waals surface area contributed by atoms with Gasteiger partial charge in [0.05, 0.1) is 7.11 Å². The van der Waals surface area contributed by atoms with Gasteiger partial charge in [-0.1, -0.05) is 12.1 Å². The fourth-order valence-corrected chi connectivity index (χ4v) is 4.11. The first kappa shape index (κ1) is 15.4. The minimum absolute atomic E-state index is 0.157. The lowest BCUT2D eigenvalue weighted by molar-refractivity contribution is -0.132. The lowest BCUT2D eigenvalue weighted by Gasteiger charge is -2.34. The molecule has 2 atom stereocenters. The van der Waals surface area contributed by atoms with Crippen LogP contribution >= 0.6 is 11.3 Å². The van der Waals surface area contributed by atoms with Crippen molar-refractivity contribution in [2.45, 2.75) is 12.3 Å². The predicted octanol–water partition coefficient (Wildman–Crippen LogP) is 2.60. The first-order valence-electron chi connectivity index (χ1n) is 8.33. The van der Waals surface area contributed by atoms with Crippen molar-refractivity contribution < 1.29 is 9.53 Å². The van der Waals surface area contributed by atoms with E-state index in [9.17, 15) is 4.79 Å². The first-order valence-corrected chi connectivity index (χ1v) is 9.21. The molecular formula is C18H21N3O2S. The zero-order valence-corrected chi connectivity index (χ0v) is 14.5. The Kier molecular flexibility index (Phi) is 4.14. The van der Waals surface area contributed by atoms with Crippen molar-refractivity contribution in [1.82, 2.24) is 9.88 Å². The molecule has 2 aliphatic rings. The zero-order valence-electron chi connectivity index (χ0n) is 13.7. The Morgan fingerprint density at radius 2 is 1.96 bits per heavy atom. The second kappa shape index (κ2) is 6.43. The predicted molar refractivity (Wildman–Crippen MR) is 94.7 cm³/mol. The minimum Gasteiger partial charge on any atom is -0.497 e. The Balaban J connectivity index is 1.32. The third-order valence-electron chi connectivity index (χ3n) is 4.93. The quantitative estimate of drug-likeness (QED) is 0.856. The average molecular weight is 343 g/mol. The number of hydrogen-bond acceptors (Lipinski definition) is 5. The normalized spacial score (nSPS) is 23.2. The molecule has 1 aliphatic heterocycles. The average Bonchev–Trinajstić information content (AvgIpc) is 3.25. The van der Waals surface area contributed by atoms with E-state index in [1.807, 2.05) is 28.6 Å². The number of anilines is 1. The van der Waals surface area contributed by atoms with E-state index < -0.39 is 0 Å². The van der Waals surface area contributed by atoms with Crippen LogP contribution < -0.4 is 9.64 Å². The molecule has 0 N–H and O–H groups in total. The monoisotopic (exact) mass is 343 g/mol. The summed E-state index contributed by atoms with van der Waals surface area (Å²) >= 11 is 1.66. The summed E-state index contributed by atoms with van der Waals surface area (Å²) in [6.45, 7) is 3.34. The van der Waals surface area contributed by atoms with E-state index >= 15 is 0 Å². The number of methoxy groups -OCH3 is 1. The largest absolute Gasteiger partial charge is 0.497 e. The van der Waals surface area contributed by atoms with Crippen LogP contribution in [-0.4, -0.2) is 49.1 Å². The standard InChI is InChI=1S/C18H21N3O2S/c1-23-14-4-2-13(3-5-14)15-12-16(15)17(22)20-7-9-21(10-8-20)18-19-6-11-24-18/h2-6,11,15-16H,7-10,12H2,1H3/t15-,16-/m1/s1. The molecule has 0 radical (unpaired) electrons. The van der Waals surface area contributed by atoms with Crippen LogP contribution in [0.25, 0.3) is 0 Å². The van der Waals surface area contributed by atoms with Crippen molar-refractivity contribution in [3.8, 4) is 5.75 Å². The fourth-order valence-electron chi connectivity index (χ4n) is 3.41. The number of amides is 1. The lowest BCUT2D eigenvalue weighted by Crippen LogP contribution is -2.49. The summed E-state index contributed by atoms with van der Waals surface area (Å²) in [5.74, 6) is 1.71. The molecule has 1 aliphatic carbocycles. The van der Waals surface area contributed by atoms with Gasteiger partial charge in [-0.05, 0) is 30.0 Å². The van der Waals surface area contributed by atoms with Crippen LogP contribution in [0.5, 0.6) is 5.75 Å². The van der Waals surface area contributed by atoms with Crippen LogP contribution in [0.4, 0.5) is 5.13 Å². The number of piperazine rings is 1. The summed E-state index contributed by atoms with van der Waals surface area (Å²) < 4.78 is 5.20. The highest BCUT2D eigenvalue weighted by Crippen LogP contribution is 2.48. The molecule has 5 nitrogen and oxygen atoms in total. The Hall–Kier alpha value is -2.08. The lowest BCUT2D eigenvalue weighted by atomic mass is 10.1. The molecule has 4 rings (SSSR count). The van der Waals surface area contributed by atoms with E-state index in [-0.39, 0.29) is 5.92 Å². The van der Waals surface area contributed by atoms with Crippen LogP contribution in [-0.2, 0) is 4.79 Å². The number of nitrogens with zero attached hydrogens (tertiary/aromatic N) is 3. The molecule has 2 aromatic rings. The minimum atomic E-state index is 0.157. The second-order valence-electron chi connectivity index (χ2n) is 6.35. The molecular weight excluding hydrogens is 322 g/mol. The molecule has 1 saturated heterocycles. The van der Waals surface area contributed by atoms with E-state index in [1.54, 1.807) is 18.4 Å². The summed E-state index contributed by atoms with van der Waals surface area (Å²) in [5, 5.41) is 3.06. The summed E-state index contributed by atoms with van der Waals surface area (Å²) in [6, 6.07) is 8.11. The maximum Gasteiger partial charge on any atom is 0.226 e. The van der Waals surface area contributed by atoms with Gasteiger partial charge < -0.3 is 14.5 Å².